The lowest BCUT2D eigenvalue weighted by Gasteiger charge is -2.19. The van der Waals surface area contributed by atoms with Crippen LogP contribution in [0.5, 0.6) is 0 Å². The van der Waals surface area contributed by atoms with E-state index in [4.69, 9.17) is 0 Å². The number of nitrogens with zero attached hydrogens (tertiary/aromatic N) is 3. The summed E-state index contributed by atoms with van der Waals surface area (Å²) >= 11 is 0. The van der Waals surface area contributed by atoms with Crippen molar-refractivity contribution in [2.45, 2.75) is 4.90 Å². The zero-order valence-corrected chi connectivity index (χ0v) is 18.6. The Labute approximate surface area is 185 Å². The van der Waals surface area contributed by atoms with Gasteiger partial charge in [0.05, 0.1) is 21.6 Å². The van der Waals surface area contributed by atoms with Crippen LogP contribution in [0.2, 0.25) is 0 Å². The molecule has 1 N–H and O–H groups in total. The van der Waals surface area contributed by atoms with Crippen molar-refractivity contribution in [1.29, 1.82) is 0 Å². The maximum atomic E-state index is 12.8. The Hall–Kier alpha value is -3.85. The number of sulfonamides is 1. The molecule has 3 aromatic carbocycles. The molecule has 0 saturated carbocycles. The molecule has 1 amide bonds. The number of anilines is 2. The summed E-state index contributed by atoms with van der Waals surface area (Å²) in [5, 5.41) is 2.82. The fraction of sp³-hybridized carbons (Fsp3) is 0.130. The van der Waals surface area contributed by atoms with Crippen molar-refractivity contribution in [3.8, 4) is 0 Å². The lowest BCUT2D eigenvalue weighted by molar-refractivity contribution is 0.102. The number of fused-ring (bicyclic) bond motifs is 1. The van der Waals surface area contributed by atoms with Crippen LogP contribution in [0, 0.1) is 0 Å². The van der Waals surface area contributed by atoms with Crippen LogP contribution < -0.4 is 15.3 Å². The summed E-state index contributed by atoms with van der Waals surface area (Å²) in [6.45, 7) is 0. The van der Waals surface area contributed by atoms with Crippen LogP contribution in [-0.2, 0) is 24.1 Å². The van der Waals surface area contributed by atoms with Crippen LogP contribution in [0.25, 0.3) is 11.0 Å². The minimum absolute atomic E-state index is 0.145. The molecule has 4 rings (SSSR count). The van der Waals surface area contributed by atoms with Crippen molar-refractivity contribution in [3.05, 3.63) is 88.8 Å². The number of imidazole rings is 1. The third-order valence-electron chi connectivity index (χ3n) is 5.42. The third-order valence-corrected chi connectivity index (χ3v) is 7.22. The molecule has 1 heterocycles. The predicted molar refractivity (Wildman–Crippen MR) is 125 cm³/mol. The van der Waals surface area contributed by atoms with Gasteiger partial charge in [-0.25, -0.2) is 13.2 Å². The van der Waals surface area contributed by atoms with Crippen molar-refractivity contribution in [2.75, 3.05) is 16.7 Å². The number of carbonyl (C=O) groups is 1. The van der Waals surface area contributed by atoms with Gasteiger partial charge in [0.25, 0.3) is 15.9 Å². The minimum atomic E-state index is -3.70. The molecule has 0 radical (unpaired) electrons. The molecule has 0 spiro atoms. The van der Waals surface area contributed by atoms with Gasteiger partial charge in [0, 0.05) is 32.4 Å². The molecule has 0 fully saturated rings. The zero-order chi connectivity index (χ0) is 23.0. The van der Waals surface area contributed by atoms with Gasteiger partial charge in [-0.1, -0.05) is 18.2 Å². The second-order valence-electron chi connectivity index (χ2n) is 7.39. The topological polar surface area (TPSA) is 93.4 Å². The smallest absolute Gasteiger partial charge is 0.322 e. The Morgan fingerprint density at radius 2 is 1.50 bits per heavy atom. The average Bonchev–Trinajstić information content (AvgIpc) is 3.02. The molecular weight excluding hydrogens is 428 g/mol. The Morgan fingerprint density at radius 3 is 2.16 bits per heavy atom. The number of aryl methyl sites for hydroxylation is 2. The van der Waals surface area contributed by atoms with E-state index in [0.717, 1.165) is 5.52 Å². The first-order chi connectivity index (χ1) is 15.2. The lowest BCUT2D eigenvalue weighted by Crippen LogP contribution is -2.26. The summed E-state index contributed by atoms with van der Waals surface area (Å²) in [5.74, 6) is -0.342. The summed E-state index contributed by atoms with van der Waals surface area (Å²) in [6, 6.07) is 19.7. The second kappa shape index (κ2) is 8.01. The number of nitrogens with one attached hydrogen (secondary N) is 1. The first-order valence-corrected chi connectivity index (χ1v) is 11.2. The van der Waals surface area contributed by atoms with Crippen molar-refractivity contribution in [1.82, 2.24) is 9.13 Å². The van der Waals surface area contributed by atoms with Crippen LogP contribution in [-0.4, -0.2) is 30.5 Å². The van der Waals surface area contributed by atoms with Crippen LogP contribution in [0.15, 0.2) is 82.5 Å². The molecule has 0 atom stereocenters. The van der Waals surface area contributed by atoms with Gasteiger partial charge >= 0.3 is 5.69 Å². The van der Waals surface area contributed by atoms with E-state index in [9.17, 15) is 18.0 Å². The van der Waals surface area contributed by atoms with E-state index in [1.54, 1.807) is 79.3 Å². The van der Waals surface area contributed by atoms with E-state index in [2.05, 4.69) is 5.32 Å². The second-order valence-corrected chi connectivity index (χ2v) is 9.36. The molecular formula is C23H22N4O4S. The van der Waals surface area contributed by atoms with Gasteiger partial charge in [-0.3, -0.25) is 18.2 Å². The average molecular weight is 451 g/mol. The molecule has 0 bridgehead atoms. The van der Waals surface area contributed by atoms with Crippen molar-refractivity contribution in [3.63, 3.8) is 0 Å². The Bertz CT molecular complexity index is 1470. The molecule has 4 aromatic rings. The quantitative estimate of drug-likeness (QED) is 0.506. The maximum absolute atomic E-state index is 12.8. The molecule has 8 nitrogen and oxygen atoms in total. The first kappa shape index (κ1) is 21.4. The van der Waals surface area contributed by atoms with Gasteiger partial charge in [-0.05, 0) is 54.6 Å². The molecule has 9 heteroatoms. The van der Waals surface area contributed by atoms with Crippen LogP contribution in [0.4, 0.5) is 11.4 Å². The molecule has 0 saturated heterocycles. The monoisotopic (exact) mass is 450 g/mol. The van der Waals surface area contributed by atoms with Crippen molar-refractivity contribution in [2.24, 2.45) is 14.1 Å². The highest BCUT2D eigenvalue weighted by atomic mass is 32.2. The number of hydrogen-bond donors (Lipinski definition) is 1. The number of aromatic nitrogens is 2. The molecule has 32 heavy (non-hydrogen) atoms. The van der Waals surface area contributed by atoms with Crippen LogP contribution in [0.1, 0.15) is 10.4 Å². The molecule has 0 aliphatic carbocycles. The number of amides is 1. The van der Waals surface area contributed by atoms with Gasteiger partial charge in [-0.15, -0.1) is 0 Å². The molecule has 164 valence electrons. The molecule has 0 aliphatic heterocycles. The van der Waals surface area contributed by atoms with Gasteiger partial charge < -0.3 is 5.32 Å². The zero-order valence-electron chi connectivity index (χ0n) is 17.8. The number of benzene rings is 3. The van der Waals surface area contributed by atoms with Crippen LogP contribution >= 0.6 is 0 Å². The number of rotatable bonds is 5. The minimum Gasteiger partial charge on any atom is -0.322 e. The Morgan fingerprint density at radius 1 is 0.875 bits per heavy atom. The predicted octanol–water partition coefficient (Wildman–Crippen LogP) is 2.95. The number of carbonyl (C=O) groups excluding carboxylic acids is 1. The highest BCUT2D eigenvalue weighted by molar-refractivity contribution is 7.92. The standard InChI is InChI=1S/C23H22N4O4S/c1-25-20-14-11-17(15-21(20)26(2)23(25)29)24-22(28)16-9-12-18(13-10-16)27(3)32(30,31)19-7-5-4-6-8-19/h4-15H,1-3H3,(H,24,28). The van der Waals surface area contributed by atoms with E-state index in [1.807, 2.05) is 0 Å². The van der Waals surface area contributed by atoms with E-state index < -0.39 is 10.0 Å². The van der Waals surface area contributed by atoms with Gasteiger partial charge in [-0.2, -0.15) is 0 Å². The van der Waals surface area contributed by atoms with Crippen LogP contribution in [0.3, 0.4) is 0 Å². The fourth-order valence-electron chi connectivity index (χ4n) is 3.50. The fourth-order valence-corrected chi connectivity index (χ4v) is 4.72. The van der Waals surface area contributed by atoms with Gasteiger partial charge in [0.1, 0.15) is 0 Å². The summed E-state index contributed by atoms with van der Waals surface area (Å²) in [7, 11) is 1.14. The lowest BCUT2D eigenvalue weighted by atomic mass is 10.2. The Kier molecular flexibility index (Phi) is 5.35. The summed E-state index contributed by atoms with van der Waals surface area (Å²) in [6.07, 6.45) is 0. The normalized spacial score (nSPS) is 11.5. The first-order valence-electron chi connectivity index (χ1n) is 9.81. The highest BCUT2D eigenvalue weighted by Crippen LogP contribution is 2.23. The van der Waals surface area contributed by atoms with Crippen molar-refractivity contribution >= 4 is 38.3 Å². The molecule has 0 unspecified atom stereocenters. The van der Waals surface area contributed by atoms with Gasteiger partial charge in [0.2, 0.25) is 0 Å². The van der Waals surface area contributed by atoms with Gasteiger partial charge in [0.15, 0.2) is 0 Å². The van der Waals surface area contributed by atoms with E-state index >= 15 is 0 Å². The maximum Gasteiger partial charge on any atom is 0.328 e. The largest absolute Gasteiger partial charge is 0.328 e. The summed E-state index contributed by atoms with van der Waals surface area (Å²) < 4.78 is 29.8. The number of hydrogen-bond acceptors (Lipinski definition) is 4. The van der Waals surface area contributed by atoms with E-state index in [1.165, 1.54) is 28.1 Å². The Balaban J connectivity index is 1.54. The SMILES string of the molecule is CN(c1ccc(C(=O)Nc2ccc3c(c2)n(C)c(=O)n3C)cc1)S(=O)(=O)c1ccccc1. The van der Waals surface area contributed by atoms with E-state index in [0.29, 0.717) is 22.5 Å². The van der Waals surface area contributed by atoms with E-state index in [-0.39, 0.29) is 16.5 Å². The third kappa shape index (κ3) is 3.67. The molecule has 1 aromatic heterocycles. The summed E-state index contributed by atoms with van der Waals surface area (Å²) in [5.41, 5.74) is 2.69. The van der Waals surface area contributed by atoms with Crippen molar-refractivity contribution < 1.29 is 13.2 Å². The summed E-state index contributed by atoms with van der Waals surface area (Å²) in [4.78, 5) is 25.0. The molecule has 0 aliphatic rings. The highest BCUT2D eigenvalue weighted by Gasteiger charge is 2.21.